The molecule has 1 unspecified atom stereocenters. The molecule has 0 saturated carbocycles. The molecule has 1 N–H and O–H groups in total. The maximum absolute atomic E-state index is 12.4. The normalized spacial score (nSPS) is 20.8. The summed E-state index contributed by atoms with van der Waals surface area (Å²) in [5.74, 6) is 1.05. The van der Waals surface area contributed by atoms with Crippen LogP contribution in [0.15, 0.2) is 17.4 Å². The number of piperazine rings is 1. The molecular formula is C17H29IN6O2. The summed E-state index contributed by atoms with van der Waals surface area (Å²) in [4.78, 5) is 21.3. The molecule has 2 fully saturated rings. The number of aliphatic imine (C=N–C) groups is 1. The first-order valence-corrected chi connectivity index (χ1v) is 9.08. The fourth-order valence-corrected chi connectivity index (χ4v) is 3.26. The summed E-state index contributed by atoms with van der Waals surface area (Å²) >= 11 is 0. The second-order valence-corrected chi connectivity index (χ2v) is 6.51. The van der Waals surface area contributed by atoms with Crippen molar-refractivity contribution in [3.63, 3.8) is 0 Å². The molecule has 2 aliphatic rings. The predicted octanol–water partition coefficient (Wildman–Crippen LogP) is 0.827. The summed E-state index contributed by atoms with van der Waals surface area (Å²) in [5.41, 5.74) is 1.09. The van der Waals surface area contributed by atoms with E-state index in [4.69, 9.17) is 9.73 Å². The molecule has 8 nitrogen and oxygen atoms in total. The number of hydrogen-bond donors (Lipinski definition) is 1. The Morgan fingerprint density at radius 2 is 2.08 bits per heavy atom. The maximum atomic E-state index is 12.4. The van der Waals surface area contributed by atoms with Gasteiger partial charge in [-0.3, -0.25) is 9.48 Å². The highest BCUT2D eigenvalue weighted by Crippen LogP contribution is 2.16. The molecule has 146 valence electrons. The molecule has 3 rings (SSSR count). The molecular weight excluding hydrogens is 447 g/mol. The van der Waals surface area contributed by atoms with E-state index in [9.17, 15) is 4.79 Å². The van der Waals surface area contributed by atoms with Crippen LogP contribution in [-0.2, 0) is 23.1 Å². The highest BCUT2D eigenvalue weighted by atomic mass is 127. The first-order chi connectivity index (χ1) is 12.2. The minimum Gasteiger partial charge on any atom is -0.368 e. The van der Waals surface area contributed by atoms with E-state index in [1.165, 1.54) is 0 Å². The van der Waals surface area contributed by atoms with Crippen molar-refractivity contribution in [3.05, 3.63) is 18.0 Å². The average Bonchev–Trinajstić information content (AvgIpc) is 3.30. The van der Waals surface area contributed by atoms with E-state index in [2.05, 4.69) is 22.2 Å². The van der Waals surface area contributed by atoms with E-state index >= 15 is 0 Å². The molecule has 1 amide bonds. The third-order valence-corrected chi connectivity index (χ3v) is 4.60. The summed E-state index contributed by atoms with van der Waals surface area (Å²) in [6.45, 7) is 7.21. The molecule has 1 atom stereocenters. The van der Waals surface area contributed by atoms with Crippen molar-refractivity contribution in [1.29, 1.82) is 0 Å². The number of carbonyl (C=O) groups excluding carboxylic acids is 1. The van der Waals surface area contributed by atoms with Crippen molar-refractivity contribution in [3.8, 4) is 0 Å². The zero-order valence-electron chi connectivity index (χ0n) is 15.6. The van der Waals surface area contributed by atoms with Crippen LogP contribution < -0.4 is 5.32 Å². The molecule has 9 heteroatoms. The quantitative estimate of drug-likeness (QED) is 0.396. The number of aryl methyl sites for hydroxylation is 1. The van der Waals surface area contributed by atoms with E-state index in [0.29, 0.717) is 13.2 Å². The molecule has 26 heavy (non-hydrogen) atoms. The Bertz CT molecular complexity index is 606. The van der Waals surface area contributed by atoms with Gasteiger partial charge in [0.15, 0.2) is 5.96 Å². The zero-order chi connectivity index (χ0) is 17.6. The number of amides is 1. The van der Waals surface area contributed by atoms with Crippen molar-refractivity contribution < 1.29 is 9.53 Å². The minimum atomic E-state index is -0.223. The van der Waals surface area contributed by atoms with Gasteiger partial charge in [-0.15, -0.1) is 24.0 Å². The van der Waals surface area contributed by atoms with Crippen LogP contribution >= 0.6 is 24.0 Å². The fraction of sp³-hybridized carbons (Fsp3) is 0.706. The van der Waals surface area contributed by atoms with Gasteiger partial charge in [0, 0.05) is 58.1 Å². The van der Waals surface area contributed by atoms with Crippen LogP contribution in [0.3, 0.4) is 0 Å². The molecule has 0 bridgehead atoms. The van der Waals surface area contributed by atoms with Gasteiger partial charge in [-0.2, -0.15) is 5.10 Å². The van der Waals surface area contributed by atoms with Crippen LogP contribution in [0.1, 0.15) is 25.3 Å². The Labute approximate surface area is 172 Å². The van der Waals surface area contributed by atoms with Gasteiger partial charge in [0.2, 0.25) is 0 Å². The van der Waals surface area contributed by atoms with E-state index < -0.39 is 0 Å². The minimum absolute atomic E-state index is 0. The lowest BCUT2D eigenvalue weighted by Gasteiger charge is -2.37. The second-order valence-electron chi connectivity index (χ2n) is 6.51. The first kappa shape index (κ1) is 20.9. The van der Waals surface area contributed by atoms with Gasteiger partial charge in [0.25, 0.3) is 5.91 Å². The summed E-state index contributed by atoms with van der Waals surface area (Å²) in [6.07, 6.45) is 5.44. The van der Waals surface area contributed by atoms with E-state index in [0.717, 1.165) is 57.1 Å². The van der Waals surface area contributed by atoms with E-state index in [1.807, 2.05) is 24.3 Å². The van der Waals surface area contributed by atoms with Crippen LogP contribution in [0, 0.1) is 0 Å². The highest BCUT2D eigenvalue weighted by Gasteiger charge is 2.30. The monoisotopic (exact) mass is 476 g/mol. The summed E-state index contributed by atoms with van der Waals surface area (Å²) in [7, 11) is 1.91. The van der Waals surface area contributed by atoms with Gasteiger partial charge in [-0.05, 0) is 19.8 Å². The smallest absolute Gasteiger partial charge is 0.251 e. The molecule has 0 spiro atoms. The van der Waals surface area contributed by atoms with Gasteiger partial charge in [0.1, 0.15) is 6.10 Å². The number of carbonyl (C=O) groups is 1. The van der Waals surface area contributed by atoms with Gasteiger partial charge in [-0.25, -0.2) is 4.99 Å². The maximum Gasteiger partial charge on any atom is 0.251 e. The Kier molecular flexibility index (Phi) is 8.14. The van der Waals surface area contributed by atoms with Crippen LogP contribution in [0.2, 0.25) is 0 Å². The highest BCUT2D eigenvalue weighted by molar-refractivity contribution is 14.0. The standard InChI is InChI=1S/C17H28N6O2.HI/c1-3-18-17(19-11-14-12-20-21(2)13-14)23-8-6-22(7-9-23)16(24)15-5-4-10-25-15;/h12-13,15H,3-11H2,1-2H3,(H,18,19);1H. The van der Waals surface area contributed by atoms with Crippen molar-refractivity contribution in [1.82, 2.24) is 24.9 Å². The Morgan fingerprint density at radius 3 is 2.65 bits per heavy atom. The molecule has 1 aromatic heterocycles. The zero-order valence-corrected chi connectivity index (χ0v) is 17.9. The van der Waals surface area contributed by atoms with Gasteiger partial charge in [0.05, 0.1) is 12.7 Å². The first-order valence-electron chi connectivity index (χ1n) is 9.08. The van der Waals surface area contributed by atoms with E-state index in [-0.39, 0.29) is 36.0 Å². The van der Waals surface area contributed by atoms with Crippen molar-refractivity contribution in [2.24, 2.45) is 12.0 Å². The Hall–Kier alpha value is -1.36. The van der Waals surface area contributed by atoms with Gasteiger partial charge >= 0.3 is 0 Å². The third-order valence-electron chi connectivity index (χ3n) is 4.60. The van der Waals surface area contributed by atoms with Gasteiger partial charge < -0.3 is 19.9 Å². The largest absolute Gasteiger partial charge is 0.368 e. The molecule has 2 aliphatic heterocycles. The number of guanidine groups is 1. The van der Waals surface area contributed by atoms with Crippen molar-refractivity contribution in [2.45, 2.75) is 32.4 Å². The number of aromatic nitrogens is 2. The lowest BCUT2D eigenvalue weighted by atomic mass is 10.2. The number of halogens is 1. The SMILES string of the molecule is CCNC(=NCc1cnn(C)c1)N1CCN(C(=O)C2CCCO2)CC1.I. The van der Waals surface area contributed by atoms with E-state index in [1.54, 1.807) is 4.68 Å². The lowest BCUT2D eigenvalue weighted by Crippen LogP contribution is -2.55. The molecule has 0 radical (unpaired) electrons. The summed E-state index contributed by atoms with van der Waals surface area (Å²) in [5, 5.41) is 7.53. The van der Waals surface area contributed by atoms with Crippen LogP contribution in [0.25, 0.3) is 0 Å². The van der Waals surface area contributed by atoms with Crippen LogP contribution in [0.5, 0.6) is 0 Å². The lowest BCUT2D eigenvalue weighted by molar-refractivity contribution is -0.142. The predicted molar refractivity (Wildman–Crippen MR) is 111 cm³/mol. The number of rotatable bonds is 4. The van der Waals surface area contributed by atoms with Crippen molar-refractivity contribution in [2.75, 3.05) is 39.3 Å². The third kappa shape index (κ3) is 5.32. The topological polar surface area (TPSA) is 75.0 Å². The van der Waals surface area contributed by atoms with Crippen molar-refractivity contribution >= 4 is 35.8 Å². The fourth-order valence-electron chi connectivity index (χ4n) is 3.26. The number of nitrogens with zero attached hydrogens (tertiary/aromatic N) is 5. The summed E-state index contributed by atoms with van der Waals surface area (Å²) in [6, 6.07) is 0. The second kappa shape index (κ2) is 10.1. The summed E-state index contributed by atoms with van der Waals surface area (Å²) < 4.78 is 7.31. The average molecular weight is 476 g/mol. The molecule has 3 heterocycles. The van der Waals surface area contributed by atoms with Crippen LogP contribution in [-0.4, -0.2) is 76.9 Å². The Balaban J connectivity index is 0.00000243. The Morgan fingerprint density at radius 1 is 1.35 bits per heavy atom. The molecule has 2 saturated heterocycles. The molecule has 0 aliphatic carbocycles. The molecule has 0 aromatic carbocycles. The number of hydrogen-bond acceptors (Lipinski definition) is 4. The van der Waals surface area contributed by atoms with Gasteiger partial charge in [-0.1, -0.05) is 0 Å². The number of nitrogens with one attached hydrogen (secondary N) is 1. The number of ether oxygens (including phenoxy) is 1. The molecule has 1 aromatic rings. The van der Waals surface area contributed by atoms with Crippen LogP contribution in [0.4, 0.5) is 0 Å².